The molecule has 0 saturated carbocycles. The van der Waals surface area contributed by atoms with Crippen LogP contribution in [0, 0.1) is 0 Å². The minimum Gasteiger partial charge on any atom is -0.481 e. The minimum atomic E-state index is -0.890. The number of hydrogen-bond acceptors (Lipinski definition) is 2. The lowest BCUT2D eigenvalue weighted by Crippen LogP contribution is -2.05. The van der Waals surface area contributed by atoms with Gasteiger partial charge in [-0.25, -0.2) is 4.68 Å². The lowest BCUT2D eigenvalue weighted by Gasteiger charge is -2.11. The van der Waals surface area contributed by atoms with Crippen LogP contribution in [0.4, 0.5) is 0 Å². The van der Waals surface area contributed by atoms with Crippen LogP contribution in [-0.2, 0) is 11.2 Å². The molecular formula is C14H15ClN2O2. The van der Waals surface area contributed by atoms with E-state index in [1.165, 1.54) is 0 Å². The number of carboxylic acid groups (broad SMARTS) is 1. The first-order valence-corrected chi connectivity index (χ1v) is 6.42. The van der Waals surface area contributed by atoms with E-state index in [-0.39, 0.29) is 12.3 Å². The Morgan fingerprint density at radius 3 is 2.68 bits per heavy atom. The average molecular weight is 279 g/mol. The molecule has 0 aliphatic carbocycles. The fraction of sp³-hybridized carbons (Fsp3) is 0.286. The van der Waals surface area contributed by atoms with Gasteiger partial charge in [-0.1, -0.05) is 37.6 Å². The fourth-order valence-electron chi connectivity index (χ4n) is 1.92. The van der Waals surface area contributed by atoms with E-state index >= 15 is 0 Å². The quantitative estimate of drug-likeness (QED) is 0.934. The van der Waals surface area contributed by atoms with Crippen LogP contribution >= 0.6 is 11.6 Å². The summed E-state index contributed by atoms with van der Waals surface area (Å²) in [6.45, 7) is 4.07. The Kier molecular flexibility index (Phi) is 3.90. The summed E-state index contributed by atoms with van der Waals surface area (Å²) in [6, 6.07) is 9.21. The zero-order chi connectivity index (χ0) is 14.0. The number of carbonyl (C=O) groups is 1. The second-order valence-corrected chi connectivity index (χ2v) is 5.06. The Labute approximate surface area is 116 Å². The molecule has 1 heterocycles. The molecule has 0 fully saturated rings. The van der Waals surface area contributed by atoms with Gasteiger partial charge in [0.25, 0.3) is 0 Å². The van der Waals surface area contributed by atoms with Crippen molar-refractivity contribution in [1.29, 1.82) is 0 Å². The Balaban J connectivity index is 2.52. The summed E-state index contributed by atoms with van der Waals surface area (Å²) in [5.41, 5.74) is 2.25. The first kappa shape index (κ1) is 13.6. The third-order valence-corrected chi connectivity index (χ3v) is 3.11. The number of benzene rings is 1. The molecule has 0 aliphatic heterocycles. The SMILES string of the molecule is CC(C)c1cc(CC(=O)O)nn1-c1ccccc1Cl. The van der Waals surface area contributed by atoms with Crippen LogP contribution in [0.5, 0.6) is 0 Å². The van der Waals surface area contributed by atoms with Gasteiger partial charge >= 0.3 is 5.97 Å². The standard InChI is InChI=1S/C14H15ClN2O2/c1-9(2)13-7-10(8-14(18)19)16-17(13)12-6-4-3-5-11(12)15/h3-7,9H,8H2,1-2H3,(H,18,19). The summed E-state index contributed by atoms with van der Waals surface area (Å²) in [4.78, 5) is 10.8. The van der Waals surface area contributed by atoms with Crippen LogP contribution in [0.15, 0.2) is 30.3 Å². The van der Waals surface area contributed by atoms with E-state index in [0.717, 1.165) is 11.4 Å². The number of nitrogens with zero attached hydrogens (tertiary/aromatic N) is 2. The second-order valence-electron chi connectivity index (χ2n) is 4.65. The molecule has 0 radical (unpaired) electrons. The van der Waals surface area contributed by atoms with Crippen molar-refractivity contribution in [2.45, 2.75) is 26.2 Å². The lowest BCUT2D eigenvalue weighted by atomic mass is 10.1. The monoisotopic (exact) mass is 278 g/mol. The summed E-state index contributed by atoms with van der Waals surface area (Å²) in [7, 11) is 0. The summed E-state index contributed by atoms with van der Waals surface area (Å²) in [5.74, 6) is -0.662. The molecule has 1 aromatic carbocycles. The largest absolute Gasteiger partial charge is 0.481 e. The van der Waals surface area contributed by atoms with E-state index < -0.39 is 5.97 Å². The van der Waals surface area contributed by atoms with Crippen LogP contribution in [0.2, 0.25) is 5.02 Å². The number of halogens is 1. The molecule has 19 heavy (non-hydrogen) atoms. The summed E-state index contributed by atoms with van der Waals surface area (Å²) in [5, 5.41) is 13.8. The Hall–Kier alpha value is -1.81. The maximum Gasteiger partial charge on any atom is 0.309 e. The highest BCUT2D eigenvalue weighted by Gasteiger charge is 2.15. The van der Waals surface area contributed by atoms with Gasteiger partial charge in [-0.3, -0.25) is 4.79 Å². The van der Waals surface area contributed by atoms with E-state index in [0.29, 0.717) is 10.7 Å². The molecular weight excluding hydrogens is 264 g/mol. The van der Waals surface area contributed by atoms with Gasteiger partial charge in [0.2, 0.25) is 0 Å². The van der Waals surface area contributed by atoms with Crippen molar-refractivity contribution in [1.82, 2.24) is 9.78 Å². The smallest absolute Gasteiger partial charge is 0.309 e. The Bertz CT molecular complexity index is 605. The zero-order valence-electron chi connectivity index (χ0n) is 10.8. The summed E-state index contributed by atoms with van der Waals surface area (Å²) in [6.07, 6.45) is -0.0861. The predicted molar refractivity (Wildman–Crippen MR) is 74.0 cm³/mol. The van der Waals surface area contributed by atoms with E-state index in [1.54, 1.807) is 10.7 Å². The van der Waals surface area contributed by atoms with Crippen molar-refractivity contribution in [3.8, 4) is 5.69 Å². The Morgan fingerprint density at radius 1 is 1.42 bits per heavy atom. The topological polar surface area (TPSA) is 55.1 Å². The Morgan fingerprint density at radius 2 is 2.11 bits per heavy atom. The maximum atomic E-state index is 10.8. The third kappa shape index (κ3) is 2.96. The number of aromatic nitrogens is 2. The zero-order valence-corrected chi connectivity index (χ0v) is 11.6. The number of hydrogen-bond donors (Lipinski definition) is 1. The molecule has 2 rings (SSSR count). The highest BCUT2D eigenvalue weighted by Crippen LogP contribution is 2.25. The van der Waals surface area contributed by atoms with Crippen LogP contribution < -0.4 is 0 Å². The molecule has 4 nitrogen and oxygen atoms in total. The normalized spacial score (nSPS) is 10.9. The second kappa shape index (κ2) is 5.45. The van der Waals surface area contributed by atoms with Crippen LogP contribution in [0.3, 0.4) is 0 Å². The van der Waals surface area contributed by atoms with Crippen LogP contribution in [-0.4, -0.2) is 20.9 Å². The molecule has 1 aromatic heterocycles. The van der Waals surface area contributed by atoms with Gasteiger partial charge in [-0.05, 0) is 24.1 Å². The molecule has 5 heteroatoms. The summed E-state index contributed by atoms with van der Waals surface area (Å²) < 4.78 is 1.73. The first-order chi connectivity index (χ1) is 8.99. The van der Waals surface area contributed by atoms with Crippen molar-refractivity contribution >= 4 is 17.6 Å². The predicted octanol–water partition coefficient (Wildman–Crippen LogP) is 3.28. The maximum absolute atomic E-state index is 10.8. The van der Waals surface area contributed by atoms with Gasteiger partial charge in [0.05, 0.1) is 22.8 Å². The molecule has 0 atom stereocenters. The molecule has 100 valence electrons. The van der Waals surface area contributed by atoms with Crippen molar-refractivity contribution in [3.63, 3.8) is 0 Å². The van der Waals surface area contributed by atoms with Gasteiger partial charge in [0.15, 0.2) is 0 Å². The van der Waals surface area contributed by atoms with E-state index in [4.69, 9.17) is 16.7 Å². The molecule has 0 aliphatic rings. The van der Waals surface area contributed by atoms with Crippen molar-refractivity contribution in [2.75, 3.05) is 0 Å². The van der Waals surface area contributed by atoms with Gasteiger partial charge in [0.1, 0.15) is 0 Å². The molecule has 2 aromatic rings. The molecule has 0 amide bonds. The average Bonchev–Trinajstić information content (AvgIpc) is 2.72. The fourth-order valence-corrected chi connectivity index (χ4v) is 2.13. The van der Waals surface area contributed by atoms with Gasteiger partial charge in [-0.2, -0.15) is 5.10 Å². The van der Waals surface area contributed by atoms with Crippen LogP contribution in [0.1, 0.15) is 31.2 Å². The third-order valence-electron chi connectivity index (χ3n) is 2.79. The van der Waals surface area contributed by atoms with E-state index in [1.807, 2.05) is 38.1 Å². The van der Waals surface area contributed by atoms with Crippen molar-refractivity contribution < 1.29 is 9.90 Å². The number of aliphatic carboxylic acids is 1. The van der Waals surface area contributed by atoms with Crippen molar-refractivity contribution in [2.24, 2.45) is 0 Å². The van der Waals surface area contributed by atoms with E-state index in [2.05, 4.69) is 5.10 Å². The highest BCUT2D eigenvalue weighted by molar-refractivity contribution is 6.32. The van der Waals surface area contributed by atoms with Gasteiger partial charge in [-0.15, -0.1) is 0 Å². The highest BCUT2D eigenvalue weighted by atomic mass is 35.5. The molecule has 0 spiro atoms. The molecule has 0 bridgehead atoms. The van der Waals surface area contributed by atoms with Crippen LogP contribution in [0.25, 0.3) is 5.69 Å². The van der Waals surface area contributed by atoms with Gasteiger partial charge in [0, 0.05) is 5.69 Å². The lowest BCUT2D eigenvalue weighted by molar-refractivity contribution is -0.136. The summed E-state index contributed by atoms with van der Waals surface area (Å²) >= 11 is 6.17. The number of para-hydroxylation sites is 1. The first-order valence-electron chi connectivity index (χ1n) is 6.04. The van der Waals surface area contributed by atoms with Gasteiger partial charge < -0.3 is 5.11 Å². The molecule has 0 saturated heterocycles. The molecule has 1 N–H and O–H groups in total. The number of carboxylic acids is 1. The van der Waals surface area contributed by atoms with Crippen molar-refractivity contribution in [3.05, 3.63) is 46.7 Å². The minimum absolute atomic E-state index is 0.0861. The molecule has 0 unspecified atom stereocenters. The number of rotatable bonds is 4. The van der Waals surface area contributed by atoms with E-state index in [9.17, 15) is 4.79 Å².